The van der Waals surface area contributed by atoms with Crippen LogP contribution in [0.25, 0.3) is 0 Å². The third kappa shape index (κ3) is 28.5. The van der Waals surface area contributed by atoms with Gasteiger partial charge in [-0.05, 0) is 81.3 Å². The van der Waals surface area contributed by atoms with Gasteiger partial charge >= 0.3 is 23.9 Å². The molecule has 8 nitrogen and oxygen atoms in total. The molecule has 0 aromatic heterocycles. The molecule has 0 aliphatic rings. The third-order valence-electron chi connectivity index (χ3n) is 8.29. The fraction of sp³-hybridized carbons (Fsp3) is 0.264. The molecule has 323 valence electrons. The molecule has 0 saturated heterocycles. The average molecular weight is 828 g/mol. The topological polar surface area (TPSA) is 116 Å². The Balaban J connectivity index is 0.000000418. The normalized spacial score (nSPS) is 9.93. The van der Waals surface area contributed by atoms with Crippen molar-refractivity contribution in [3.63, 3.8) is 0 Å². The molecule has 5 rings (SSSR count). The van der Waals surface area contributed by atoms with Crippen molar-refractivity contribution in [2.24, 2.45) is 0 Å². The fourth-order valence-corrected chi connectivity index (χ4v) is 5.28. The van der Waals surface area contributed by atoms with E-state index in [1.165, 1.54) is 16.7 Å². The highest BCUT2D eigenvalue weighted by molar-refractivity contribution is 5.73. The number of hydrogen-bond donors (Lipinski definition) is 1. The minimum absolute atomic E-state index is 0. The molecular weight excluding hydrogens is 765 g/mol. The summed E-state index contributed by atoms with van der Waals surface area (Å²) in [5.74, 6) is -0.682. The lowest BCUT2D eigenvalue weighted by molar-refractivity contribution is -0.143. The molecule has 0 aliphatic heterocycles. The van der Waals surface area contributed by atoms with Crippen LogP contribution in [0, 0.1) is 7.43 Å². The number of aliphatic carboxylic acids is 1. The van der Waals surface area contributed by atoms with Crippen molar-refractivity contribution >= 4 is 23.9 Å². The summed E-state index contributed by atoms with van der Waals surface area (Å²) in [6.45, 7) is 9.03. The van der Waals surface area contributed by atoms with Crippen molar-refractivity contribution in [3.05, 3.63) is 205 Å². The lowest BCUT2D eigenvalue weighted by Crippen LogP contribution is -2.10. The van der Waals surface area contributed by atoms with Crippen molar-refractivity contribution in [2.45, 2.75) is 79.1 Å². The molecule has 0 heterocycles. The number of para-hydroxylation sites is 1. The zero-order valence-corrected chi connectivity index (χ0v) is 36.5. The van der Waals surface area contributed by atoms with E-state index >= 15 is 0 Å². The first kappa shape index (κ1) is 52.5. The van der Waals surface area contributed by atoms with Crippen LogP contribution in [-0.4, -0.2) is 42.2 Å². The van der Waals surface area contributed by atoms with Gasteiger partial charge in [-0.3, -0.25) is 19.2 Å². The first-order valence-electron chi connectivity index (χ1n) is 20.3. The maximum atomic E-state index is 11.6. The first-order valence-corrected chi connectivity index (χ1v) is 20.3. The van der Waals surface area contributed by atoms with Gasteiger partial charge in [0.25, 0.3) is 0 Å². The average Bonchev–Trinajstić information content (AvgIpc) is 3.23. The molecule has 8 heteroatoms. The van der Waals surface area contributed by atoms with E-state index in [-0.39, 0.29) is 31.8 Å². The SMILES string of the molecule is CC(C)=CCC/C(C)=C/CCC(=O)Oc1ccccc1.CCOC(=O)Cc1ccccc1.O=C(Cc1ccccc1)OCCc1ccccc1.O=C(O)Cc1ccccc1.[CH3]. The number of allylic oxidation sites excluding steroid dienone is 4. The van der Waals surface area contributed by atoms with Gasteiger partial charge in [0.1, 0.15) is 5.75 Å². The molecule has 0 bridgehead atoms. The van der Waals surface area contributed by atoms with Gasteiger partial charge in [-0.1, -0.05) is 170 Å². The van der Waals surface area contributed by atoms with Crippen molar-refractivity contribution in [1.82, 2.24) is 0 Å². The van der Waals surface area contributed by atoms with Crippen molar-refractivity contribution in [3.8, 4) is 5.75 Å². The molecule has 5 aromatic rings. The van der Waals surface area contributed by atoms with Crippen LogP contribution < -0.4 is 4.74 Å². The monoisotopic (exact) mass is 827 g/mol. The van der Waals surface area contributed by atoms with E-state index in [1.807, 2.05) is 134 Å². The molecule has 0 atom stereocenters. The molecule has 0 fully saturated rings. The number of hydrogen-bond acceptors (Lipinski definition) is 7. The minimum atomic E-state index is -0.786. The maximum Gasteiger partial charge on any atom is 0.311 e. The zero-order chi connectivity index (χ0) is 43.6. The van der Waals surface area contributed by atoms with E-state index in [9.17, 15) is 19.2 Å². The number of carbonyl (C=O) groups is 4. The summed E-state index contributed by atoms with van der Waals surface area (Å²) in [5.41, 5.74) is 6.69. The summed E-state index contributed by atoms with van der Waals surface area (Å²) < 4.78 is 15.2. The summed E-state index contributed by atoms with van der Waals surface area (Å²) in [6.07, 6.45) is 9.25. The molecule has 61 heavy (non-hydrogen) atoms. The number of esters is 3. The highest BCUT2D eigenvalue weighted by Crippen LogP contribution is 2.12. The van der Waals surface area contributed by atoms with Crippen LogP contribution in [-0.2, 0) is 54.3 Å². The smallest absolute Gasteiger partial charge is 0.311 e. The van der Waals surface area contributed by atoms with E-state index < -0.39 is 5.97 Å². The molecule has 1 N–H and O–H groups in total. The highest BCUT2D eigenvalue weighted by atomic mass is 16.5. The van der Waals surface area contributed by atoms with Crippen LogP contribution in [0.1, 0.15) is 75.6 Å². The molecule has 0 unspecified atom stereocenters. The van der Waals surface area contributed by atoms with E-state index in [0.717, 1.165) is 42.4 Å². The zero-order valence-electron chi connectivity index (χ0n) is 36.5. The summed E-state index contributed by atoms with van der Waals surface area (Å²) >= 11 is 0. The van der Waals surface area contributed by atoms with Gasteiger partial charge in [0.15, 0.2) is 0 Å². The van der Waals surface area contributed by atoms with Crippen molar-refractivity contribution in [2.75, 3.05) is 13.2 Å². The molecule has 0 saturated carbocycles. The largest absolute Gasteiger partial charge is 0.481 e. The van der Waals surface area contributed by atoms with E-state index in [2.05, 4.69) is 32.9 Å². The first-order chi connectivity index (χ1) is 29.0. The van der Waals surface area contributed by atoms with Crippen LogP contribution in [0.15, 0.2) is 175 Å². The Labute approximate surface area is 363 Å². The number of benzene rings is 5. The highest BCUT2D eigenvalue weighted by Gasteiger charge is 2.05. The molecule has 0 aliphatic carbocycles. The van der Waals surface area contributed by atoms with Crippen LogP contribution in [0.2, 0.25) is 0 Å². The van der Waals surface area contributed by atoms with Crippen LogP contribution in [0.4, 0.5) is 0 Å². The minimum Gasteiger partial charge on any atom is -0.481 e. The summed E-state index contributed by atoms with van der Waals surface area (Å²) in [6, 6.07) is 47.6. The molecule has 0 spiro atoms. The number of carbonyl (C=O) groups excluding carboxylic acids is 3. The summed E-state index contributed by atoms with van der Waals surface area (Å²) in [5, 5.41) is 8.37. The van der Waals surface area contributed by atoms with Crippen molar-refractivity contribution in [1.29, 1.82) is 0 Å². The molecule has 5 aromatic carbocycles. The molecular formula is C53H63O8. The molecule has 0 amide bonds. The Morgan fingerprint density at radius 1 is 0.508 bits per heavy atom. The number of rotatable bonds is 17. The lowest BCUT2D eigenvalue weighted by atomic mass is 10.1. The second-order valence-electron chi connectivity index (χ2n) is 13.8. The van der Waals surface area contributed by atoms with Crippen LogP contribution in [0.5, 0.6) is 5.75 Å². The number of carboxylic acid groups (broad SMARTS) is 1. The summed E-state index contributed by atoms with van der Waals surface area (Å²) in [4.78, 5) is 44.4. The van der Waals surface area contributed by atoms with Gasteiger partial charge in [0.05, 0.1) is 32.5 Å². The van der Waals surface area contributed by atoms with Gasteiger partial charge < -0.3 is 19.3 Å². The van der Waals surface area contributed by atoms with Gasteiger partial charge in [-0.2, -0.15) is 0 Å². The second kappa shape index (κ2) is 33.3. The summed E-state index contributed by atoms with van der Waals surface area (Å²) in [7, 11) is 0. The fourth-order valence-electron chi connectivity index (χ4n) is 5.28. The van der Waals surface area contributed by atoms with E-state index in [1.54, 1.807) is 24.3 Å². The predicted molar refractivity (Wildman–Crippen MR) is 246 cm³/mol. The lowest BCUT2D eigenvalue weighted by Gasteiger charge is -2.05. The Morgan fingerprint density at radius 2 is 0.918 bits per heavy atom. The van der Waals surface area contributed by atoms with Crippen LogP contribution >= 0.6 is 0 Å². The standard InChI is InChI=1S/C18H24O2.C16H16O2.C10H12O2.C8H8O2.CH3/c1-15(2)9-7-10-16(3)11-8-14-18(19)20-17-12-5-4-6-13-17;17-16(13-15-9-5-2-6-10-15)18-12-11-14-7-3-1-4-8-14;1-2-12-10(11)8-9-6-4-3-5-7-9;9-8(10)6-7-4-2-1-3-5-7;/h4-6,9,11-13H,7-8,10,14H2,1-3H3;1-10H,11-13H2;3-7H,2,8H2,1H3;1-5H,6H2,(H,9,10);1H3/b16-11+;;;;. The van der Waals surface area contributed by atoms with Gasteiger partial charge in [0.2, 0.25) is 0 Å². The Morgan fingerprint density at radius 3 is 1.36 bits per heavy atom. The number of carboxylic acids is 1. The van der Waals surface area contributed by atoms with Crippen LogP contribution in [0.3, 0.4) is 0 Å². The van der Waals surface area contributed by atoms with Gasteiger partial charge in [0, 0.05) is 12.8 Å². The maximum absolute atomic E-state index is 11.6. The van der Waals surface area contributed by atoms with E-state index in [4.69, 9.17) is 19.3 Å². The number of ether oxygens (including phenoxy) is 3. The van der Waals surface area contributed by atoms with Gasteiger partial charge in [-0.15, -0.1) is 0 Å². The predicted octanol–water partition coefficient (Wildman–Crippen LogP) is 11.6. The van der Waals surface area contributed by atoms with Gasteiger partial charge in [-0.25, -0.2) is 0 Å². The van der Waals surface area contributed by atoms with Crippen molar-refractivity contribution < 1.29 is 38.5 Å². The Bertz CT molecular complexity index is 1970. The Kier molecular flexibility index (Phi) is 28.7. The molecule has 1 radical (unpaired) electrons. The second-order valence-corrected chi connectivity index (χ2v) is 13.8. The Hall–Kier alpha value is -6.54. The quantitative estimate of drug-likeness (QED) is 0.0559. The third-order valence-corrected chi connectivity index (χ3v) is 8.29. The van der Waals surface area contributed by atoms with E-state index in [0.29, 0.717) is 38.2 Å².